The van der Waals surface area contributed by atoms with E-state index in [2.05, 4.69) is 24.4 Å². The number of unbranched alkanes of at least 4 members (excludes halogenated alkanes) is 11. The zero-order chi connectivity index (χ0) is 33.5. The highest BCUT2D eigenvalue weighted by Gasteiger charge is 2.39. The molecule has 1 atom stereocenters. The highest BCUT2D eigenvalue weighted by atomic mass is 16.6. The van der Waals surface area contributed by atoms with Gasteiger partial charge in [-0.05, 0) is 32.1 Å². The van der Waals surface area contributed by atoms with Crippen molar-refractivity contribution < 1.29 is 33.4 Å². The summed E-state index contributed by atoms with van der Waals surface area (Å²) in [4.78, 5) is 64.5. The number of allylic oxidation sites excluding steroid dienone is 2. The number of carbonyl (C=O) groups is 5. The minimum Gasteiger partial charge on any atom is -0.465 e. The first kappa shape index (κ1) is 40.1. The quantitative estimate of drug-likeness (QED) is 0.0866. The third kappa shape index (κ3) is 18.6. The predicted molar refractivity (Wildman–Crippen MR) is 176 cm³/mol. The fourth-order valence-corrected chi connectivity index (χ4v) is 5.35. The van der Waals surface area contributed by atoms with Crippen LogP contribution >= 0.6 is 0 Å². The van der Waals surface area contributed by atoms with E-state index in [4.69, 9.17) is 9.47 Å². The standard InChI is InChI=1S/C35H61N3O7/c1-6-7-8-9-10-11-12-13-14-15-16-17-18-19-20-21-31(41)37-24-26-38(27-25-37)32(42)22-23-36-34(43)33(45-30(3)40)35(4,5)28-44-29(2)39/h13-14,33H,6-12,15-28H2,1-5H3,(H,36,43)/b14-13-. The van der Waals surface area contributed by atoms with Gasteiger partial charge in [-0.15, -0.1) is 0 Å². The molecule has 0 saturated carbocycles. The van der Waals surface area contributed by atoms with Crippen molar-refractivity contribution in [3.8, 4) is 0 Å². The van der Waals surface area contributed by atoms with Crippen molar-refractivity contribution >= 4 is 29.7 Å². The Morgan fingerprint density at radius 3 is 1.71 bits per heavy atom. The molecule has 1 fully saturated rings. The molecule has 1 saturated heterocycles. The normalized spacial score (nSPS) is 14.3. The Morgan fingerprint density at radius 1 is 0.711 bits per heavy atom. The molecule has 258 valence electrons. The largest absolute Gasteiger partial charge is 0.465 e. The monoisotopic (exact) mass is 635 g/mol. The molecule has 1 N–H and O–H groups in total. The number of rotatable bonds is 23. The van der Waals surface area contributed by atoms with Crippen LogP contribution in [-0.2, 0) is 33.4 Å². The van der Waals surface area contributed by atoms with E-state index in [1.165, 1.54) is 71.6 Å². The lowest BCUT2D eigenvalue weighted by molar-refractivity contribution is -0.166. The van der Waals surface area contributed by atoms with Crippen molar-refractivity contribution in [2.24, 2.45) is 5.41 Å². The number of hydrogen-bond donors (Lipinski definition) is 1. The molecule has 1 aliphatic heterocycles. The number of ether oxygens (including phenoxy) is 2. The summed E-state index contributed by atoms with van der Waals surface area (Å²) in [6, 6.07) is 0. The summed E-state index contributed by atoms with van der Waals surface area (Å²) in [6.45, 7) is 9.98. The molecule has 1 unspecified atom stereocenters. The van der Waals surface area contributed by atoms with E-state index in [0.717, 1.165) is 25.7 Å². The van der Waals surface area contributed by atoms with Gasteiger partial charge < -0.3 is 24.6 Å². The summed E-state index contributed by atoms with van der Waals surface area (Å²) in [5.41, 5.74) is -0.960. The minimum absolute atomic E-state index is 0.0771. The molecule has 0 bridgehead atoms. The lowest BCUT2D eigenvalue weighted by Crippen LogP contribution is -2.51. The van der Waals surface area contributed by atoms with E-state index in [1.807, 2.05) is 4.90 Å². The Labute approximate surface area is 272 Å². The molecular weight excluding hydrogens is 574 g/mol. The molecule has 0 spiro atoms. The lowest BCUT2D eigenvalue weighted by Gasteiger charge is -2.35. The summed E-state index contributed by atoms with van der Waals surface area (Å²) in [5, 5.41) is 2.67. The summed E-state index contributed by atoms with van der Waals surface area (Å²) in [7, 11) is 0. The molecule has 0 aromatic rings. The van der Waals surface area contributed by atoms with Crippen molar-refractivity contribution in [1.29, 1.82) is 0 Å². The van der Waals surface area contributed by atoms with Gasteiger partial charge in [-0.2, -0.15) is 0 Å². The first-order valence-electron chi connectivity index (χ1n) is 17.3. The Kier molecular flexibility index (Phi) is 20.9. The fraction of sp³-hybridized carbons (Fsp3) is 0.800. The Hall–Kier alpha value is -2.91. The van der Waals surface area contributed by atoms with Gasteiger partial charge in [0.05, 0.1) is 0 Å². The molecule has 10 heteroatoms. The van der Waals surface area contributed by atoms with Crippen LogP contribution in [0.3, 0.4) is 0 Å². The van der Waals surface area contributed by atoms with Gasteiger partial charge >= 0.3 is 11.9 Å². The maximum Gasteiger partial charge on any atom is 0.303 e. The van der Waals surface area contributed by atoms with Crippen LogP contribution in [0.4, 0.5) is 0 Å². The van der Waals surface area contributed by atoms with Gasteiger partial charge in [0.2, 0.25) is 11.8 Å². The predicted octanol–water partition coefficient (Wildman–Crippen LogP) is 5.72. The van der Waals surface area contributed by atoms with Gasteiger partial charge in [0, 0.05) is 64.8 Å². The third-order valence-corrected chi connectivity index (χ3v) is 8.15. The molecule has 0 radical (unpaired) electrons. The van der Waals surface area contributed by atoms with E-state index in [1.54, 1.807) is 18.7 Å². The summed E-state index contributed by atoms with van der Waals surface area (Å²) >= 11 is 0. The topological polar surface area (TPSA) is 122 Å². The second kappa shape index (κ2) is 23.4. The fourth-order valence-electron chi connectivity index (χ4n) is 5.35. The molecule has 1 aliphatic rings. The highest BCUT2D eigenvalue weighted by molar-refractivity contribution is 5.85. The number of piperazine rings is 1. The molecule has 3 amide bonds. The number of esters is 2. The smallest absolute Gasteiger partial charge is 0.303 e. The Morgan fingerprint density at radius 2 is 1.20 bits per heavy atom. The average Bonchev–Trinajstić information content (AvgIpc) is 3.00. The summed E-state index contributed by atoms with van der Waals surface area (Å²) in [5.74, 6) is -1.64. The van der Waals surface area contributed by atoms with Crippen molar-refractivity contribution in [1.82, 2.24) is 15.1 Å². The van der Waals surface area contributed by atoms with Gasteiger partial charge in [-0.3, -0.25) is 24.0 Å². The average molecular weight is 636 g/mol. The zero-order valence-electron chi connectivity index (χ0n) is 28.8. The van der Waals surface area contributed by atoms with Gasteiger partial charge in [-0.1, -0.05) is 84.3 Å². The van der Waals surface area contributed by atoms with Crippen LogP contribution in [0.25, 0.3) is 0 Å². The van der Waals surface area contributed by atoms with E-state index in [9.17, 15) is 24.0 Å². The van der Waals surface area contributed by atoms with E-state index in [-0.39, 0.29) is 31.4 Å². The van der Waals surface area contributed by atoms with Crippen molar-refractivity contribution in [2.75, 3.05) is 39.3 Å². The second-order valence-electron chi connectivity index (χ2n) is 12.9. The number of nitrogens with one attached hydrogen (secondary N) is 1. The second-order valence-corrected chi connectivity index (χ2v) is 12.9. The number of nitrogens with zero attached hydrogens (tertiary/aromatic N) is 2. The Bertz CT molecular complexity index is 926. The lowest BCUT2D eigenvalue weighted by atomic mass is 9.86. The molecule has 1 heterocycles. The maximum atomic E-state index is 12.8. The van der Waals surface area contributed by atoms with E-state index >= 15 is 0 Å². The molecule has 1 rings (SSSR count). The summed E-state index contributed by atoms with van der Waals surface area (Å²) < 4.78 is 10.3. The van der Waals surface area contributed by atoms with Crippen molar-refractivity contribution in [3.05, 3.63) is 12.2 Å². The molecule has 45 heavy (non-hydrogen) atoms. The van der Waals surface area contributed by atoms with Crippen LogP contribution < -0.4 is 5.32 Å². The number of hydrogen-bond acceptors (Lipinski definition) is 7. The summed E-state index contributed by atoms with van der Waals surface area (Å²) in [6.07, 6.45) is 20.1. The molecule has 0 aromatic carbocycles. The van der Waals surface area contributed by atoms with E-state index < -0.39 is 29.4 Å². The van der Waals surface area contributed by atoms with Crippen LogP contribution in [-0.4, -0.2) is 84.9 Å². The van der Waals surface area contributed by atoms with Crippen LogP contribution in [0.1, 0.15) is 131 Å². The van der Waals surface area contributed by atoms with Crippen molar-refractivity contribution in [3.63, 3.8) is 0 Å². The van der Waals surface area contributed by atoms with Crippen molar-refractivity contribution in [2.45, 2.75) is 137 Å². The zero-order valence-corrected chi connectivity index (χ0v) is 28.8. The maximum absolute atomic E-state index is 12.8. The SMILES string of the molecule is CCCCCCCC/C=C\CCCCCCCC(=O)N1CCN(C(=O)CCNC(=O)C(OC(C)=O)C(C)(C)COC(C)=O)CC1. The van der Waals surface area contributed by atoms with Crippen LogP contribution in [0.5, 0.6) is 0 Å². The molecule has 0 aromatic heterocycles. The van der Waals surface area contributed by atoms with Crippen LogP contribution in [0.15, 0.2) is 12.2 Å². The molecule has 10 nitrogen and oxygen atoms in total. The molecular formula is C35H61N3O7. The van der Waals surface area contributed by atoms with E-state index in [0.29, 0.717) is 32.6 Å². The Balaban J connectivity index is 2.20. The van der Waals surface area contributed by atoms with Gasteiger partial charge in [0.15, 0.2) is 6.10 Å². The number of carbonyl (C=O) groups excluding carboxylic acids is 5. The first-order valence-corrected chi connectivity index (χ1v) is 17.3. The van der Waals surface area contributed by atoms with Crippen LogP contribution in [0, 0.1) is 5.41 Å². The first-order chi connectivity index (χ1) is 21.5. The minimum atomic E-state index is -1.18. The highest BCUT2D eigenvalue weighted by Crippen LogP contribution is 2.25. The van der Waals surface area contributed by atoms with Gasteiger partial charge in [0.1, 0.15) is 6.61 Å². The van der Waals surface area contributed by atoms with Gasteiger partial charge in [0.25, 0.3) is 5.91 Å². The number of amides is 3. The van der Waals surface area contributed by atoms with Crippen LogP contribution in [0.2, 0.25) is 0 Å². The third-order valence-electron chi connectivity index (χ3n) is 8.15. The van der Waals surface area contributed by atoms with Gasteiger partial charge in [-0.25, -0.2) is 0 Å². The molecule has 0 aliphatic carbocycles.